The maximum atomic E-state index is 10.8. The number of thiophene rings is 1. The first-order valence-corrected chi connectivity index (χ1v) is 6.44. The standard InChI is InChI=1S/C10H10N2O2S2/c1-5-3-15-8-7(5)11-4-12-9(8)16-6(2)10(13)14/h3-4,6H,1-2H3,(H,13,14). The summed E-state index contributed by atoms with van der Waals surface area (Å²) in [4.78, 5) is 19.1. The zero-order valence-corrected chi connectivity index (χ0v) is 10.4. The molecule has 4 nitrogen and oxygen atoms in total. The lowest BCUT2D eigenvalue weighted by molar-refractivity contribution is -0.136. The Hall–Kier alpha value is -1.14. The molecule has 2 aromatic heterocycles. The van der Waals surface area contributed by atoms with Crippen LogP contribution in [0.5, 0.6) is 0 Å². The summed E-state index contributed by atoms with van der Waals surface area (Å²) in [5, 5.41) is 11.1. The van der Waals surface area contributed by atoms with E-state index in [2.05, 4.69) is 9.97 Å². The Labute approximate surface area is 101 Å². The van der Waals surface area contributed by atoms with Crippen LogP contribution in [0.25, 0.3) is 10.2 Å². The second-order valence-electron chi connectivity index (χ2n) is 3.37. The fourth-order valence-corrected chi connectivity index (χ4v) is 3.17. The number of carboxylic acids is 1. The third-order valence-electron chi connectivity index (χ3n) is 2.13. The minimum absolute atomic E-state index is 0.500. The molecule has 1 atom stereocenters. The number of aryl methyl sites for hydroxylation is 1. The third kappa shape index (κ3) is 2.03. The fraction of sp³-hybridized carbons (Fsp3) is 0.300. The first kappa shape index (κ1) is 11.3. The number of nitrogens with zero attached hydrogens (tertiary/aromatic N) is 2. The van der Waals surface area contributed by atoms with Crippen molar-refractivity contribution in [3.63, 3.8) is 0 Å². The van der Waals surface area contributed by atoms with E-state index in [0.29, 0.717) is 0 Å². The Balaban J connectivity index is 2.41. The van der Waals surface area contributed by atoms with E-state index in [1.807, 2.05) is 12.3 Å². The largest absolute Gasteiger partial charge is 0.480 e. The average Bonchev–Trinajstić information content (AvgIpc) is 2.62. The maximum Gasteiger partial charge on any atom is 0.316 e. The molecular weight excluding hydrogens is 244 g/mol. The number of carboxylic acid groups (broad SMARTS) is 1. The van der Waals surface area contributed by atoms with Gasteiger partial charge in [-0.05, 0) is 24.8 Å². The highest BCUT2D eigenvalue weighted by molar-refractivity contribution is 8.00. The van der Waals surface area contributed by atoms with E-state index >= 15 is 0 Å². The topological polar surface area (TPSA) is 63.1 Å². The molecule has 1 unspecified atom stereocenters. The van der Waals surface area contributed by atoms with Crippen molar-refractivity contribution in [2.75, 3.05) is 0 Å². The smallest absolute Gasteiger partial charge is 0.316 e. The average molecular weight is 254 g/mol. The number of carbonyl (C=O) groups is 1. The van der Waals surface area contributed by atoms with Gasteiger partial charge in [0.2, 0.25) is 0 Å². The van der Waals surface area contributed by atoms with Crippen LogP contribution in [0.15, 0.2) is 16.7 Å². The lowest BCUT2D eigenvalue weighted by Crippen LogP contribution is -2.11. The summed E-state index contributed by atoms with van der Waals surface area (Å²) >= 11 is 2.81. The first-order chi connectivity index (χ1) is 7.59. The van der Waals surface area contributed by atoms with Gasteiger partial charge in [0.05, 0.1) is 10.2 Å². The highest BCUT2D eigenvalue weighted by atomic mass is 32.2. The Morgan fingerprint density at radius 2 is 2.31 bits per heavy atom. The molecule has 0 saturated heterocycles. The number of aliphatic carboxylic acids is 1. The molecule has 0 bridgehead atoms. The van der Waals surface area contributed by atoms with Crippen molar-refractivity contribution in [3.8, 4) is 0 Å². The predicted octanol–water partition coefficient (Wildman–Crippen LogP) is 2.56. The minimum atomic E-state index is -0.829. The van der Waals surface area contributed by atoms with E-state index in [9.17, 15) is 4.79 Å². The van der Waals surface area contributed by atoms with Gasteiger partial charge in [0, 0.05) is 0 Å². The van der Waals surface area contributed by atoms with Gasteiger partial charge in [-0.2, -0.15) is 0 Å². The second kappa shape index (κ2) is 4.39. The molecule has 0 saturated carbocycles. The zero-order chi connectivity index (χ0) is 11.7. The van der Waals surface area contributed by atoms with Gasteiger partial charge >= 0.3 is 5.97 Å². The van der Waals surface area contributed by atoms with Crippen LogP contribution in [0.3, 0.4) is 0 Å². The van der Waals surface area contributed by atoms with Gasteiger partial charge < -0.3 is 5.11 Å². The molecule has 2 heterocycles. The summed E-state index contributed by atoms with van der Waals surface area (Å²) in [5.74, 6) is -0.829. The summed E-state index contributed by atoms with van der Waals surface area (Å²) in [7, 11) is 0. The predicted molar refractivity (Wildman–Crippen MR) is 65.1 cm³/mol. The number of hydrogen-bond donors (Lipinski definition) is 1. The molecular formula is C10H10N2O2S2. The summed E-state index contributed by atoms with van der Waals surface area (Å²) in [6.45, 7) is 3.64. The summed E-state index contributed by atoms with van der Waals surface area (Å²) in [6, 6.07) is 0. The highest BCUT2D eigenvalue weighted by Gasteiger charge is 2.16. The van der Waals surface area contributed by atoms with Crippen LogP contribution in [0.2, 0.25) is 0 Å². The molecule has 2 aromatic rings. The SMILES string of the molecule is Cc1csc2c(SC(C)C(=O)O)ncnc12. The molecule has 0 aliphatic rings. The van der Waals surface area contributed by atoms with E-state index in [0.717, 1.165) is 20.8 Å². The van der Waals surface area contributed by atoms with Crippen molar-refractivity contribution in [1.82, 2.24) is 9.97 Å². The van der Waals surface area contributed by atoms with Gasteiger partial charge in [-0.25, -0.2) is 9.97 Å². The van der Waals surface area contributed by atoms with Crippen LogP contribution in [-0.4, -0.2) is 26.3 Å². The summed E-state index contributed by atoms with van der Waals surface area (Å²) in [5.41, 5.74) is 2.02. The van der Waals surface area contributed by atoms with Crippen LogP contribution in [-0.2, 0) is 4.79 Å². The van der Waals surface area contributed by atoms with Crippen molar-refractivity contribution < 1.29 is 9.90 Å². The molecule has 0 spiro atoms. The number of hydrogen-bond acceptors (Lipinski definition) is 5. The molecule has 2 rings (SSSR count). The van der Waals surface area contributed by atoms with Crippen molar-refractivity contribution in [3.05, 3.63) is 17.3 Å². The molecule has 84 valence electrons. The molecule has 1 N–H and O–H groups in total. The Bertz CT molecular complexity index is 539. The third-order valence-corrected chi connectivity index (χ3v) is 4.45. The quantitative estimate of drug-likeness (QED) is 0.673. The lowest BCUT2D eigenvalue weighted by atomic mass is 10.3. The Morgan fingerprint density at radius 3 is 3.00 bits per heavy atom. The van der Waals surface area contributed by atoms with E-state index in [1.165, 1.54) is 18.1 Å². The van der Waals surface area contributed by atoms with Crippen LogP contribution in [0.1, 0.15) is 12.5 Å². The number of rotatable bonds is 3. The minimum Gasteiger partial charge on any atom is -0.480 e. The molecule has 0 aliphatic heterocycles. The summed E-state index contributed by atoms with van der Waals surface area (Å²) in [6.07, 6.45) is 1.49. The maximum absolute atomic E-state index is 10.8. The van der Waals surface area contributed by atoms with Gasteiger partial charge in [-0.1, -0.05) is 11.8 Å². The van der Waals surface area contributed by atoms with E-state index in [4.69, 9.17) is 5.11 Å². The fourth-order valence-electron chi connectivity index (χ4n) is 1.25. The van der Waals surface area contributed by atoms with E-state index in [1.54, 1.807) is 18.3 Å². The lowest BCUT2D eigenvalue weighted by Gasteiger charge is -2.05. The van der Waals surface area contributed by atoms with E-state index in [-0.39, 0.29) is 0 Å². The normalized spacial score (nSPS) is 12.9. The van der Waals surface area contributed by atoms with Crippen molar-refractivity contribution in [2.45, 2.75) is 24.1 Å². The summed E-state index contributed by atoms with van der Waals surface area (Å²) < 4.78 is 0.970. The van der Waals surface area contributed by atoms with Crippen LogP contribution in [0, 0.1) is 6.92 Å². The first-order valence-electron chi connectivity index (χ1n) is 4.68. The van der Waals surface area contributed by atoms with Crippen molar-refractivity contribution >= 4 is 39.3 Å². The van der Waals surface area contributed by atoms with Crippen LogP contribution < -0.4 is 0 Å². The molecule has 0 aromatic carbocycles. The Kier molecular flexibility index (Phi) is 3.11. The van der Waals surface area contributed by atoms with Crippen LogP contribution >= 0.6 is 23.1 Å². The molecule has 6 heteroatoms. The Morgan fingerprint density at radius 1 is 1.56 bits per heavy atom. The van der Waals surface area contributed by atoms with Gasteiger partial charge in [-0.15, -0.1) is 11.3 Å². The van der Waals surface area contributed by atoms with E-state index < -0.39 is 11.2 Å². The molecule has 0 amide bonds. The highest BCUT2D eigenvalue weighted by Crippen LogP contribution is 2.33. The van der Waals surface area contributed by atoms with Crippen LogP contribution in [0.4, 0.5) is 0 Å². The van der Waals surface area contributed by atoms with Gasteiger partial charge in [0.1, 0.15) is 16.6 Å². The van der Waals surface area contributed by atoms with Gasteiger partial charge in [0.25, 0.3) is 0 Å². The molecule has 0 radical (unpaired) electrons. The van der Waals surface area contributed by atoms with Crippen molar-refractivity contribution in [1.29, 1.82) is 0 Å². The number of aromatic nitrogens is 2. The molecule has 16 heavy (non-hydrogen) atoms. The second-order valence-corrected chi connectivity index (χ2v) is 5.58. The number of fused-ring (bicyclic) bond motifs is 1. The van der Waals surface area contributed by atoms with Gasteiger partial charge in [-0.3, -0.25) is 4.79 Å². The van der Waals surface area contributed by atoms with Gasteiger partial charge in [0.15, 0.2) is 0 Å². The number of thioether (sulfide) groups is 1. The molecule has 0 aliphatic carbocycles. The molecule has 0 fully saturated rings. The zero-order valence-electron chi connectivity index (χ0n) is 8.80. The van der Waals surface area contributed by atoms with Crippen molar-refractivity contribution in [2.24, 2.45) is 0 Å². The monoisotopic (exact) mass is 254 g/mol.